The van der Waals surface area contributed by atoms with Crippen molar-refractivity contribution in [1.29, 1.82) is 0 Å². The minimum atomic E-state index is 0.526. The Hall–Kier alpha value is -1.66. The lowest BCUT2D eigenvalue weighted by Crippen LogP contribution is -1.84. The van der Waals surface area contributed by atoms with Crippen LogP contribution in [0.1, 0.15) is 5.69 Å². The second-order valence-electron chi connectivity index (χ2n) is 2.94. The molecule has 0 radical (unpaired) electrons. The molecule has 0 saturated carbocycles. The Balaban J connectivity index is 0.000000121. The number of benzene rings is 1. The Morgan fingerprint density at radius 1 is 1.20 bits per heavy atom. The Kier molecular flexibility index (Phi) is 2.79. The van der Waals surface area contributed by atoms with E-state index in [9.17, 15) is 0 Å². The van der Waals surface area contributed by atoms with Crippen LogP contribution in [0.2, 0.25) is 0 Å². The van der Waals surface area contributed by atoms with Crippen LogP contribution in [0.3, 0.4) is 0 Å². The number of hydrogen-bond acceptors (Lipinski definition) is 2. The van der Waals surface area contributed by atoms with E-state index in [4.69, 9.17) is 6.42 Å². The average Bonchev–Trinajstić information content (AvgIpc) is 2.87. The molecule has 0 N–H and O–H groups in total. The summed E-state index contributed by atoms with van der Waals surface area (Å²) in [6.45, 7) is 0. The molecule has 72 valence electrons. The summed E-state index contributed by atoms with van der Waals surface area (Å²) in [5.41, 5.74) is 3.45. The van der Waals surface area contributed by atoms with Gasteiger partial charge in [-0.2, -0.15) is 0 Å². The monoisotopic (exact) mass is 258 g/mol. The zero-order chi connectivity index (χ0) is 10.7. The molecule has 3 heteroatoms. The fraction of sp³-hybridized carbons (Fsp3) is 0. The molecule has 0 fully saturated rings. The smallest absolute Gasteiger partial charge is 0.197 e. The van der Waals surface area contributed by atoms with Crippen molar-refractivity contribution in [2.24, 2.45) is 0 Å². The lowest BCUT2D eigenvalue weighted by Gasteiger charge is -1.87. The Bertz CT molecular complexity index is 512. The molecule has 1 aromatic heterocycles. The maximum Gasteiger partial charge on any atom is 0.197 e. The quantitative estimate of drug-likeness (QED) is 0.458. The van der Waals surface area contributed by atoms with Crippen LogP contribution in [0, 0.1) is 12.3 Å². The third-order valence-corrected chi connectivity index (χ3v) is 2.27. The third kappa shape index (κ3) is 2.64. The second kappa shape index (κ2) is 4.24. The first kappa shape index (κ1) is 9.88. The van der Waals surface area contributed by atoms with Gasteiger partial charge in [-0.15, -0.1) is 6.42 Å². The minimum absolute atomic E-state index is 0.526. The van der Waals surface area contributed by atoms with Crippen molar-refractivity contribution in [1.82, 2.24) is 9.97 Å². The van der Waals surface area contributed by atoms with E-state index in [2.05, 4.69) is 56.1 Å². The Labute approximate surface area is 96.5 Å². The van der Waals surface area contributed by atoms with Crippen LogP contribution < -0.4 is 0 Å². The van der Waals surface area contributed by atoms with Gasteiger partial charge in [-0.25, -0.2) is 9.97 Å². The van der Waals surface area contributed by atoms with Crippen molar-refractivity contribution in [2.75, 3.05) is 0 Å². The summed E-state index contributed by atoms with van der Waals surface area (Å²) in [5, 5.41) is 0. The van der Waals surface area contributed by atoms with Gasteiger partial charge in [0.15, 0.2) is 4.73 Å². The molecule has 1 heterocycles. The SMILES string of the molecule is C#Cc1ccnc(Br)n1.c1cc2cc-2c1. The first-order chi connectivity index (χ1) is 7.29. The van der Waals surface area contributed by atoms with Crippen molar-refractivity contribution in [3.63, 3.8) is 0 Å². The predicted octanol–water partition coefficient (Wildman–Crippen LogP) is 2.89. The molecule has 0 aliphatic heterocycles. The molecule has 2 aliphatic rings. The molecular formula is C12H7BrN2. The van der Waals surface area contributed by atoms with Crippen molar-refractivity contribution < 1.29 is 0 Å². The van der Waals surface area contributed by atoms with E-state index in [1.54, 1.807) is 12.3 Å². The van der Waals surface area contributed by atoms with Gasteiger partial charge in [0.1, 0.15) is 5.69 Å². The number of halogens is 1. The van der Waals surface area contributed by atoms with E-state index in [0.717, 1.165) is 0 Å². The maximum absolute atomic E-state index is 5.06. The zero-order valence-electron chi connectivity index (χ0n) is 7.81. The molecule has 2 nitrogen and oxygen atoms in total. The van der Waals surface area contributed by atoms with Gasteiger partial charge in [0.05, 0.1) is 0 Å². The molecule has 0 spiro atoms. The van der Waals surface area contributed by atoms with Crippen LogP contribution in [0.4, 0.5) is 0 Å². The molecule has 0 aromatic carbocycles. The predicted molar refractivity (Wildman–Crippen MR) is 63.1 cm³/mol. The maximum atomic E-state index is 5.06. The van der Waals surface area contributed by atoms with Crippen LogP contribution in [-0.4, -0.2) is 9.97 Å². The number of rotatable bonds is 0. The fourth-order valence-electron chi connectivity index (χ4n) is 1.09. The Morgan fingerprint density at radius 2 is 1.93 bits per heavy atom. The van der Waals surface area contributed by atoms with Gasteiger partial charge >= 0.3 is 0 Å². The van der Waals surface area contributed by atoms with Gasteiger partial charge in [0, 0.05) is 6.20 Å². The van der Waals surface area contributed by atoms with E-state index in [-0.39, 0.29) is 0 Å². The van der Waals surface area contributed by atoms with Crippen LogP contribution in [-0.2, 0) is 0 Å². The normalized spacial score (nSPS) is 9.60. The van der Waals surface area contributed by atoms with E-state index in [1.165, 1.54) is 11.1 Å². The highest BCUT2D eigenvalue weighted by atomic mass is 79.9. The van der Waals surface area contributed by atoms with Gasteiger partial charge < -0.3 is 0 Å². The van der Waals surface area contributed by atoms with Crippen LogP contribution >= 0.6 is 15.9 Å². The number of nitrogens with zero attached hydrogens (tertiary/aromatic N) is 2. The van der Waals surface area contributed by atoms with Crippen LogP contribution in [0.25, 0.3) is 11.1 Å². The molecule has 3 rings (SSSR count). The van der Waals surface area contributed by atoms with Crippen LogP contribution in [0.5, 0.6) is 0 Å². The van der Waals surface area contributed by atoms with Gasteiger partial charge in [0.2, 0.25) is 0 Å². The molecule has 0 atom stereocenters. The molecule has 1 aromatic rings. The van der Waals surface area contributed by atoms with Gasteiger partial charge in [0.25, 0.3) is 0 Å². The number of aromatic nitrogens is 2. The molecule has 0 unspecified atom stereocenters. The molecule has 0 bridgehead atoms. The van der Waals surface area contributed by atoms with Crippen molar-refractivity contribution in [3.8, 4) is 23.5 Å². The average molecular weight is 259 g/mol. The zero-order valence-corrected chi connectivity index (χ0v) is 9.40. The molecule has 2 aliphatic carbocycles. The summed E-state index contributed by atoms with van der Waals surface area (Å²) in [6.07, 6.45) is 6.66. The minimum Gasteiger partial charge on any atom is -0.231 e. The van der Waals surface area contributed by atoms with Crippen LogP contribution in [0.15, 0.2) is 41.3 Å². The molecular weight excluding hydrogens is 252 g/mol. The van der Waals surface area contributed by atoms with E-state index < -0.39 is 0 Å². The lowest BCUT2D eigenvalue weighted by molar-refractivity contribution is 1.09. The topological polar surface area (TPSA) is 25.8 Å². The summed E-state index contributed by atoms with van der Waals surface area (Å²) in [5.74, 6) is 2.39. The Morgan fingerprint density at radius 3 is 2.27 bits per heavy atom. The van der Waals surface area contributed by atoms with Gasteiger partial charge in [-0.05, 0) is 39.2 Å². The molecule has 15 heavy (non-hydrogen) atoms. The highest BCUT2D eigenvalue weighted by Gasteiger charge is 2.06. The largest absolute Gasteiger partial charge is 0.231 e. The lowest BCUT2D eigenvalue weighted by atomic mass is 10.4. The number of fused-ring (bicyclic) bond motifs is 1. The first-order valence-electron chi connectivity index (χ1n) is 4.35. The van der Waals surface area contributed by atoms with E-state index >= 15 is 0 Å². The van der Waals surface area contributed by atoms with Crippen molar-refractivity contribution in [2.45, 2.75) is 0 Å². The van der Waals surface area contributed by atoms with E-state index in [1.807, 2.05) is 0 Å². The van der Waals surface area contributed by atoms with E-state index in [0.29, 0.717) is 10.4 Å². The third-order valence-electron chi connectivity index (χ3n) is 1.89. The summed E-state index contributed by atoms with van der Waals surface area (Å²) >= 11 is 3.09. The second-order valence-corrected chi connectivity index (χ2v) is 3.65. The summed E-state index contributed by atoms with van der Waals surface area (Å²) < 4.78 is 0.526. The van der Waals surface area contributed by atoms with Gasteiger partial charge in [-0.3, -0.25) is 0 Å². The standard InChI is InChI=1S/C6H3BrN2.C6H4/c1-2-5-3-4-8-6(7)9-5;1-2-5-4-6(5)3-1/h1,3-4H;1-4H. The summed E-state index contributed by atoms with van der Waals surface area (Å²) in [6, 6.07) is 10.2. The van der Waals surface area contributed by atoms with Crippen molar-refractivity contribution in [3.05, 3.63) is 47.0 Å². The first-order valence-corrected chi connectivity index (χ1v) is 5.14. The molecule has 0 saturated heterocycles. The highest BCUT2D eigenvalue weighted by molar-refractivity contribution is 9.10. The number of hydrogen-bond donors (Lipinski definition) is 0. The fourth-order valence-corrected chi connectivity index (χ4v) is 1.40. The van der Waals surface area contributed by atoms with Gasteiger partial charge in [-0.1, -0.05) is 24.1 Å². The summed E-state index contributed by atoms with van der Waals surface area (Å²) in [7, 11) is 0. The molecule has 0 amide bonds. The highest BCUT2D eigenvalue weighted by Crippen LogP contribution is 2.32. The summed E-state index contributed by atoms with van der Waals surface area (Å²) in [4.78, 5) is 7.66. The van der Waals surface area contributed by atoms with Crippen molar-refractivity contribution >= 4 is 15.9 Å². The number of terminal acetylenes is 1.